The van der Waals surface area contributed by atoms with Gasteiger partial charge in [-0.15, -0.1) is 0 Å². The molecule has 0 spiro atoms. The minimum absolute atomic E-state index is 0.283. The summed E-state index contributed by atoms with van der Waals surface area (Å²) in [6, 6.07) is 7.83. The highest BCUT2D eigenvalue weighted by Gasteiger charge is 2.35. The number of carbonyl (C=O) groups is 1. The zero-order chi connectivity index (χ0) is 13.9. The molecule has 1 aromatic carbocycles. The first kappa shape index (κ1) is 13.5. The average molecular weight is 273 g/mol. The summed E-state index contributed by atoms with van der Waals surface area (Å²) in [5.41, 5.74) is 1.01. The van der Waals surface area contributed by atoms with Gasteiger partial charge in [0.1, 0.15) is 5.75 Å². The maximum atomic E-state index is 12.3. The van der Waals surface area contributed by atoms with Crippen LogP contribution in [0.15, 0.2) is 24.3 Å². The van der Waals surface area contributed by atoms with Gasteiger partial charge in [-0.2, -0.15) is 0 Å². The van der Waals surface area contributed by atoms with Gasteiger partial charge in [-0.05, 0) is 36.1 Å². The minimum atomic E-state index is 0.283. The molecule has 108 valence electrons. The predicted octanol–water partition coefficient (Wildman–Crippen LogP) is 3.63. The molecule has 0 aromatic heterocycles. The second-order valence-electron chi connectivity index (χ2n) is 6.06. The predicted molar refractivity (Wildman–Crippen MR) is 80.0 cm³/mol. The van der Waals surface area contributed by atoms with Crippen LogP contribution in [0.5, 0.6) is 5.75 Å². The van der Waals surface area contributed by atoms with E-state index in [1.54, 1.807) is 7.11 Å². The van der Waals surface area contributed by atoms with Crippen molar-refractivity contribution in [3.05, 3.63) is 24.3 Å². The smallest absolute Gasteiger partial charge is 0.227 e. The van der Waals surface area contributed by atoms with Crippen molar-refractivity contribution in [2.45, 2.75) is 38.5 Å². The van der Waals surface area contributed by atoms with Crippen LogP contribution in [-0.2, 0) is 4.79 Å². The number of amides is 1. The molecule has 0 N–H and O–H groups in total. The first-order valence-corrected chi connectivity index (χ1v) is 7.72. The van der Waals surface area contributed by atoms with Crippen LogP contribution >= 0.6 is 0 Å². The van der Waals surface area contributed by atoms with E-state index < -0.39 is 0 Å². The van der Waals surface area contributed by atoms with E-state index in [1.165, 1.54) is 32.1 Å². The number of benzene rings is 1. The van der Waals surface area contributed by atoms with E-state index >= 15 is 0 Å². The second kappa shape index (κ2) is 5.86. The SMILES string of the molecule is COc1ccc(N2C[C@H](C3CCCCC3)CC2=O)cc1. The van der Waals surface area contributed by atoms with Crippen LogP contribution in [0.3, 0.4) is 0 Å². The average Bonchev–Trinajstić information content (AvgIpc) is 2.90. The lowest BCUT2D eigenvalue weighted by molar-refractivity contribution is -0.117. The Bertz CT molecular complexity index is 462. The summed E-state index contributed by atoms with van der Waals surface area (Å²) in [6.07, 6.45) is 7.43. The molecular formula is C17H23NO2. The summed E-state index contributed by atoms with van der Waals surface area (Å²) >= 11 is 0. The standard InChI is InChI=1S/C17H23NO2/c1-20-16-9-7-15(8-10-16)18-12-14(11-17(18)19)13-5-3-2-4-6-13/h7-10,13-14H,2-6,11-12H2,1H3/t14-/m1/s1. The van der Waals surface area contributed by atoms with Crippen molar-refractivity contribution in [3.63, 3.8) is 0 Å². The van der Waals surface area contributed by atoms with Crippen molar-refractivity contribution >= 4 is 11.6 Å². The van der Waals surface area contributed by atoms with E-state index in [1.807, 2.05) is 29.2 Å². The summed E-state index contributed by atoms with van der Waals surface area (Å²) in [7, 11) is 1.66. The van der Waals surface area contributed by atoms with Gasteiger partial charge in [0, 0.05) is 18.7 Å². The van der Waals surface area contributed by atoms with Crippen LogP contribution in [0.2, 0.25) is 0 Å². The van der Waals surface area contributed by atoms with Crippen molar-refractivity contribution in [1.29, 1.82) is 0 Å². The van der Waals surface area contributed by atoms with Gasteiger partial charge in [0.15, 0.2) is 0 Å². The number of nitrogens with zero attached hydrogens (tertiary/aromatic N) is 1. The summed E-state index contributed by atoms with van der Waals surface area (Å²) in [5.74, 6) is 2.44. The summed E-state index contributed by atoms with van der Waals surface area (Å²) in [4.78, 5) is 14.2. The van der Waals surface area contributed by atoms with Crippen LogP contribution in [0.25, 0.3) is 0 Å². The first-order valence-electron chi connectivity index (χ1n) is 7.72. The van der Waals surface area contributed by atoms with Crippen molar-refractivity contribution < 1.29 is 9.53 Å². The molecule has 1 saturated carbocycles. The Morgan fingerprint density at radius 1 is 1.05 bits per heavy atom. The highest BCUT2D eigenvalue weighted by atomic mass is 16.5. The Labute approximate surface area is 120 Å². The number of methoxy groups -OCH3 is 1. The van der Waals surface area contributed by atoms with Crippen molar-refractivity contribution in [3.8, 4) is 5.75 Å². The Morgan fingerprint density at radius 2 is 1.75 bits per heavy atom. The van der Waals surface area contributed by atoms with E-state index in [0.717, 1.165) is 30.3 Å². The van der Waals surface area contributed by atoms with Gasteiger partial charge in [-0.25, -0.2) is 0 Å². The number of hydrogen-bond acceptors (Lipinski definition) is 2. The number of ether oxygens (including phenoxy) is 1. The molecule has 0 unspecified atom stereocenters. The third kappa shape index (κ3) is 2.67. The maximum absolute atomic E-state index is 12.3. The second-order valence-corrected chi connectivity index (χ2v) is 6.06. The molecule has 2 aliphatic rings. The van der Waals surface area contributed by atoms with E-state index in [2.05, 4.69) is 0 Å². The third-order valence-electron chi connectivity index (χ3n) is 4.86. The van der Waals surface area contributed by atoms with Crippen LogP contribution in [0.4, 0.5) is 5.69 Å². The molecule has 0 bridgehead atoms. The fraction of sp³-hybridized carbons (Fsp3) is 0.588. The Balaban J connectivity index is 1.69. The molecule has 0 radical (unpaired) electrons. The number of rotatable bonds is 3. The zero-order valence-electron chi connectivity index (χ0n) is 12.2. The molecular weight excluding hydrogens is 250 g/mol. The molecule has 1 saturated heterocycles. The molecule has 20 heavy (non-hydrogen) atoms. The van der Waals surface area contributed by atoms with E-state index in [9.17, 15) is 4.79 Å². The van der Waals surface area contributed by atoms with Gasteiger partial charge in [0.05, 0.1) is 7.11 Å². The Morgan fingerprint density at radius 3 is 2.40 bits per heavy atom. The van der Waals surface area contributed by atoms with Gasteiger partial charge in [-0.3, -0.25) is 4.79 Å². The van der Waals surface area contributed by atoms with Gasteiger partial charge in [0.2, 0.25) is 5.91 Å². The van der Waals surface area contributed by atoms with Gasteiger partial charge >= 0.3 is 0 Å². The molecule has 1 aromatic rings. The summed E-state index contributed by atoms with van der Waals surface area (Å²) in [6.45, 7) is 0.899. The lowest BCUT2D eigenvalue weighted by Crippen LogP contribution is -2.26. The molecule has 1 aliphatic heterocycles. The fourth-order valence-electron chi connectivity index (χ4n) is 3.67. The lowest BCUT2D eigenvalue weighted by atomic mass is 9.79. The monoisotopic (exact) mass is 273 g/mol. The van der Waals surface area contributed by atoms with E-state index in [0.29, 0.717) is 5.92 Å². The minimum Gasteiger partial charge on any atom is -0.497 e. The quantitative estimate of drug-likeness (QED) is 0.841. The molecule has 3 nitrogen and oxygen atoms in total. The fourth-order valence-corrected chi connectivity index (χ4v) is 3.67. The highest BCUT2D eigenvalue weighted by Crippen LogP contribution is 2.37. The molecule has 2 fully saturated rings. The Kier molecular flexibility index (Phi) is 3.95. The largest absolute Gasteiger partial charge is 0.497 e. The van der Waals surface area contributed by atoms with Gasteiger partial charge in [0.25, 0.3) is 0 Å². The summed E-state index contributed by atoms with van der Waals surface area (Å²) < 4.78 is 5.17. The molecule has 1 amide bonds. The van der Waals surface area contributed by atoms with Crippen molar-refractivity contribution in [2.75, 3.05) is 18.6 Å². The number of anilines is 1. The van der Waals surface area contributed by atoms with E-state index in [-0.39, 0.29) is 5.91 Å². The van der Waals surface area contributed by atoms with E-state index in [4.69, 9.17) is 4.74 Å². The van der Waals surface area contributed by atoms with Crippen LogP contribution < -0.4 is 9.64 Å². The maximum Gasteiger partial charge on any atom is 0.227 e. The Hall–Kier alpha value is -1.51. The van der Waals surface area contributed by atoms with Crippen LogP contribution in [-0.4, -0.2) is 19.6 Å². The highest BCUT2D eigenvalue weighted by molar-refractivity contribution is 5.95. The normalized spacial score (nSPS) is 24.1. The molecule has 3 heteroatoms. The van der Waals surface area contributed by atoms with Crippen LogP contribution in [0.1, 0.15) is 38.5 Å². The van der Waals surface area contributed by atoms with Gasteiger partial charge < -0.3 is 9.64 Å². The first-order chi connectivity index (χ1) is 9.78. The third-order valence-corrected chi connectivity index (χ3v) is 4.86. The topological polar surface area (TPSA) is 29.5 Å². The molecule has 3 rings (SSSR count). The summed E-state index contributed by atoms with van der Waals surface area (Å²) in [5, 5.41) is 0. The van der Waals surface area contributed by atoms with Crippen molar-refractivity contribution in [2.24, 2.45) is 11.8 Å². The molecule has 1 atom stereocenters. The molecule has 1 heterocycles. The number of hydrogen-bond donors (Lipinski definition) is 0. The lowest BCUT2D eigenvalue weighted by Gasteiger charge is -2.27. The molecule has 1 aliphatic carbocycles. The van der Waals surface area contributed by atoms with Crippen LogP contribution in [0, 0.1) is 11.8 Å². The van der Waals surface area contributed by atoms with Gasteiger partial charge in [-0.1, -0.05) is 32.1 Å². The van der Waals surface area contributed by atoms with Crippen molar-refractivity contribution in [1.82, 2.24) is 0 Å². The zero-order valence-corrected chi connectivity index (χ0v) is 12.2. The number of carbonyl (C=O) groups excluding carboxylic acids is 1.